The molecular weight excluding hydrogens is 406 g/mol. The van der Waals surface area contributed by atoms with E-state index in [0.717, 1.165) is 4.57 Å². The van der Waals surface area contributed by atoms with Crippen LogP contribution in [0.3, 0.4) is 0 Å². The molecule has 0 bridgehead atoms. The maximum atomic E-state index is 13.8. The van der Waals surface area contributed by atoms with Crippen molar-refractivity contribution in [2.24, 2.45) is 7.05 Å². The largest absolute Gasteiger partial charge is 0.502 e. The van der Waals surface area contributed by atoms with Gasteiger partial charge in [0.05, 0.1) is 17.9 Å². The molecule has 0 aliphatic carbocycles. The van der Waals surface area contributed by atoms with Gasteiger partial charge in [0, 0.05) is 19.2 Å². The average Bonchev–Trinajstić information content (AvgIpc) is 2.72. The van der Waals surface area contributed by atoms with Crippen molar-refractivity contribution in [3.63, 3.8) is 0 Å². The summed E-state index contributed by atoms with van der Waals surface area (Å²) in [5, 5.41) is 12.8. The van der Waals surface area contributed by atoms with Gasteiger partial charge in [0.1, 0.15) is 17.4 Å². The first-order valence-corrected chi connectivity index (χ1v) is 9.63. The third kappa shape index (κ3) is 5.28. The standard InChI is InChI=1S/C23H22F2N2O4/c1-14-10-15(12-17(25)11-14)20-13-19(21(28)23(30)27(20)2)22(29)26-8-3-9-31-18-6-4-16(24)5-7-18/h4-7,10-13,28H,3,8-9H2,1-2H3,(H,26,29). The number of halogens is 2. The van der Waals surface area contributed by atoms with Crippen molar-refractivity contribution in [1.82, 2.24) is 9.88 Å². The number of nitrogens with one attached hydrogen (secondary N) is 1. The van der Waals surface area contributed by atoms with E-state index in [1.54, 1.807) is 13.0 Å². The molecule has 0 aliphatic heterocycles. The Balaban J connectivity index is 1.69. The molecule has 1 heterocycles. The fourth-order valence-corrected chi connectivity index (χ4v) is 3.11. The third-order valence-electron chi connectivity index (χ3n) is 4.68. The number of benzene rings is 2. The van der Waals surface area contributed by atoms with Gasteiger partial charge >= 0.3 is 0 Å². The summed E-state index contributed by atoms with van der Waals surface area (Å²) in [4.78, 5) is 24.9. The molecule has 2 aromatic carbocycles. The molecular formula is C23H22F2N2O4. The lowest BCUT2D eigenvalue weighted by molar-refractivity contribution is 0.0948. The first-order chi connectivity index (χ1) is 14.8. The normalized spacial score (nSPS) is 10.7. The minimum atomic E-state index is -0.760. The van der Waals surface area contributed by atoms with E-state index in [4.69, 9.17) is 4.74 Å². The highest BCUT2D eigenvalue weighted by Gasteiger charge is 2.19. The Morgan fingerprint density at radius 1 is 1.10 bits per heavy atom. The number of carbonyl (C=O) groups excluding carboxylic acids is 1. The molecule has 0 atom stereocenters. The van der Waals surface area contributed by atoms with Gasteiger partial charge in [-0.1, -0.05) is 0 Å². The van der Waals surface area contributed by atoms with Crippen molar-refractivity contribution in [3.05, 3.63) is 81.6 Å². The molecule has 1 amide bonds. The first kappa shape index (κ1) is 22.0. The van der Waals surface area contributed by atoms with E-state index in [-0.39, 0.29) is 24.5 Å². The van der Waals surface area contributed by atoms with E-state index in [1.807, 2.05) is 0 Å². The van der Waals surface area contributed by atoms with Gasteiger partial charge in [-0.25, -0.2) is 8.78 Å². The number of pyridine rings is 1. The molecule has 3 aromatic rings. The predicted octanol–water partition coefficient (Wildman–Crippen LogP) is 3.54. The summed E-state index contributed by atoms with van der Waals surface area (Å²) >= 11 is 0. The van der Waals surface area contributed by atoms with Gasteiger partial charge in [-0.3, -0.25) is 9.59 Å². The van der Waals surface area contributed by atoms with Crippen molar-refractivity contribution >= 4 is 5.91 Å². The number of aryl methyl sites for hydroxylation is 1. The van der Waals surface area contributed by atoms with Crippen LogP contribution >= 0.6 is 0 Å². The summed E-state index contributed by atoms with van der Waals surface area (Å²) in [6.07, 6.45) is 0.449. The van der Waals surface area contributed by atoms with Crippen LogP contribution in [-0.2, 0) is 7.05 Å². The molecule has 0 saturated heterocycles. The van der Waals surface area contributed by atoms with E-state index < -0.39 is 23.0 Å². The van der Waals surface area contributed by atoms with Gasteiger partial charge in [-0.15, -0.1) is 0 Å². The highest BCUT2D eigenvalue weighted by atomic mass is 19.1. The molecule has 31 heavy (non-hydrogen) atoms. The second-order valence-corrected chi connectivity index (χ2v) is 7.09. The number of carbonyl (C=O) groups is 1. The number of aromatic hydroxyl groups is 1. The molecule has 0 unspecified atom stereocenters. The molecule has 0 fully saturated rings. The summed E-state index contributed by atoms with van der Waals surface area (Å²) in [6.45, 7) is 2.22. The van der Waals surface area contributed by atoms with Crippen molar-refractivity contribution < 1.29 is 23.4 Å². The van der Waals surface area contributed by atoms with Crippen LogP contribution in [0, 0.1) is 18.6 Å². The van der Waals surface area contributed by atoms with Crippen LogP contribution in [0.2, 0.25) is 0 Å². The second-order valence-electron chi connectivity index (χ2n) is 7.09. The lowest BCUT2D eigenvalue weighted by Crippen LogP contribution is -2.29. The van der Waals surface area contributed by atoms with Gasteiger partial charge in [-0.05, 0) is 67.4 Å². The topological polar surface area (TPSA) is 80.6 Å². The highest BCUT2D eigenvalue weighted by Crippen LogP contribution is 2.24. The molecule has 0 aliphatic rings. The van der Waals surface area contributed by atoms with E-state index >= 15 is 0 Å². The Morgan fingerprint density at radius 3 is 2.48 bits per heavy atom. The third-order valence-corrected chi connectivity index (χ3v) is 4.68. The summed E-state index contributed by atoms with van der Waals surface area (Å²) in [5.74, 6) is -1.64. The summed E-state index contributed by atoms with van der Waals surface area (Å²) in [6, 6.07) is 11.2. The first-order valence-electron chi connectivity index (χ1n) is 9.63. The molecule has 0 radical (unpaired) electrons. The highest BCUT2D eigenvalue weighted by molar-refractivity contribution is 5.97. The van der Waals surface area contributed by atoms with Crippen LogP contribution in [0.1, 0.15) is 22.3 Å². The van der Waals surface area contributed by atoms with Gasteiger partial charge in [0.2, 0.25) is 0 Å². The number of aromatic nitrogens is 1. The molecule has 2 N–H and O–H groups in total. The minimum absolute atomic E-state index is 0.195. The van der Waals surface area contributed by atoms with Gasteiger partial charge in [0.15, 0.2) is 5.75 Å². The van der Waals surface area contributed by atoms with Crippen molar-refractivity contribution in [3.8, 4) is 22.8 Å². The summed E-state index contributed by atoms with van der Waals surface area (Å²) < 4.78 is 33.3. The molecule has 8 heteroatoms. The fourth-order valence-electron chi connectivity index (χ4n) is 3.11. The monoisotopic (exact) mass is 428 g/mol. The van der Waals surface area contributed by atoms with Crippen LogP contribution in [-0.4, -0.2) is 28.7 Å². The Bertz CT molecular complexity index is 1140. The van der Waals surface area contributed by atoms with E-state index in [2.05, 4.69) is 5.32 Å². The smallest absolute Gasteiger partial charge is 0.293 e. The van der Waals surface area contributed by atoms with Crippen molar-refractivity contribution in [1.29, 1.82) is 0 Å². The number of nitrogens with zero attached hydrogens (tertiary/aromatic N) is 1. The Kier molecular flexibility index (Phi) is 6.69. The average molecular weight is 428 g/mol. The van der Waals surface area contributed by atoms with Crippen LogP contribution < -0.4 is 15.6 Å². The lowest BCUT2D eigenvalue weighted by atomic mass is 10.0. The van der Waals surface area contributed by atoms with Gasteiger partial charge in [0.25, 0.3) is 11.5 Å². The van der Waals surface area contributed by atoms with E-state index in [1.165, 1.54) is 49.5 Å². The summed E-state index contributed by atoms with van der Waals surface area (Å²) in [7, 11) is 1.44. The Labute approximate surface area is 177 Å². The fraction of sp³-hybridized carbons (Fsp3) is 0.217. The zero-order valence-corrected chi connectivity index (χ0v) is 17.1. The maximum Gasteiger partial charge on any atom is 0.293 e. The molecule has 0 spiro atoms. The molecule has 3 rings (SSSR count). The van der Waals surface area contributed by atoms with Crippen LogP contribution in [0.25, 0.3) is 11.3 Å². The molecule has 6 nitrogen and oxygen atoms in total. The number of hydrogen-bond donors (Lipinski definition) is 2. The van der Waals surface area contributed by atoms with Gasteiger partial charge in [-0.2, -0.15) is 0 Å². The number of ether oxygens (including phenoxy) is 1. The zero-order valence-electron chi connectivity index (χ0n) is 17.1. The Hall–Kier alpha value is -3.68. The second kappa shape index (κ2) is 9.42. The van der Waals surface area contributed by atoms with E-state index in [9.17, 15) is 23.5 Å². The van der Waals surface area contributed by atoms with Crippen LogP contribution in [0.5, 0.6) is 11.5 Å². The van der Waals surface area contributed by atoms with Gasteiger partial charge < -0.3 is 19.7 Å². The maximum absolute atomic E-state index is 13.8. The molecule has 0 saturated carbocycles. The molecule has 1 aromatic heterocycles. The Morgan fingerprint density at radius 2 is 1.81 bits per heavy atom. The lowest BCUT2D eigenvalue weighted by Gasteiger charge is -2.14. The number of hydrogen-bond acceptors (Lipinski definition) is 4. The predicted molar refractivity (Wildman–Crippen MR) is 112 cm³/mol. The molecule has 162 valence electrons. The SMILES string of the molecule is Cc1cc(F)cc(-c2cc(C(=O)NCCCOc3ccc(F)cc3)c(O)c(=O)n2C)c1. The van der Waals surface area contributed by atoms with Crippen LogP contribution in [0.15, 0.2) is 53.3 Å². The van der Waals surface area contributed by atoms with Crippen molar-refractivity contribution in [2.75, 3.05) is 13.2 Å². The minimum Gasteiger partial charge on any atom is -0.502 e. The quantitative estimate of drug-likeness (QED) is 0.564. The number of amides is 1. The van der Waals surface area contributed by atoms with Crippen molar-refractivity contribution in [2.45, 2.75) is 13.3 Å². The van der Waals surface area contributed by atoms with E-state index in [0.29, 0.717) is 29.0 Å². The summed E-state index contributed by atoms with van der Waals surface area (Å²) in [5.41, 5.74) is 0.417. The number of rotatable bonds is 7. The zero-order chi connectivity index (χ0) is 22.5. The van der Waals surface area contributed by atoms with Crippen LogP contribution in [0.4, 0.5) is 8.78 Å².